The quantitative estimate of drug-likeness (QED) is 0.681. The number of carbonyl (C=O) groups excluding carboxylic acids is 1. The van der Waals surface area contributed by atoms with E-state index in [1.54, 1.807) is 0 Å². The van der Waals surface area contributed by atoms with Crippen LogP contribution in [0, 0.1) is 5.92 Å². The zero-order chi connectivity index (χ0) is 16.9. The predicted octanol–water partition coefficient (Wildman–Crippen LogP) is 2.27. The molecule has 5 heteroatoms. The normalized spacial score (nSPS) is 21.2. The SMILES string of the molecule is CCNC(=NCCN1C(=O)Cc2ccccc21)N1CCCC(C)C1. The first-order chi connectivity index (χ1) is 11.7. The van der Waals surface area contributed by atoms with Gasteiger partial charge in [-0.1, -0.05) is 25.1 Å². The number of aliphatic imine (C=N–C) groups is 1. The van der Waals surface area contributed by atoms with E-state index in [0.717, 1.165) is 42.8 Å². The van der Waals surface area contributed by atoms with Gasteiger partial charge in [-0.15, -0.1) is 0 Å². The molecule has 0 bridgehead atoms. The average molecular weight is 328 g/mol. The van der Waals surface area contributed by atoms with Crippen molar-refractivity contribution in [3.63, 3.8) is 0 Å². The van der Waals surface area contributed by atoms with E-state index < -0.39 is 0 Å². The highest BCUT2D eigenvalue weighted by atomic mass is 16.2. The number of hydrogen-bond acceptors (Lipinski definition) is 2. The van der Waals surface area contributed by atoms with Crippen molar-refractivity contribution in [3.8, 4) is 0 Å². The maximum Gasteiger partial charge on any atom is 0.231 e. The van der Waals surface area contributed by atoms with Crippen LogP contribution in [0.25, 0.3) is 0 Å². The Bertz CT molecular complexity index is 613. The minimum Gasteiger partial charge on any atom is -0.357 e. The number of piperidine rings is 1. The molecule has 2 aliphatic heterocycles. The molecule has 0 aromatic heterocycles. The van der Waals surface area contributed by atoms with E-state index in [-0.39, 0.29) is 5.91 Å². The van der Waals surface area contributed by atoms with Gasteiger partial charge in [-0.2, -0.15) is 0 Å². The summed E-state index contributed by atoms with van der Waals surface area (Å²) < 4.78 is 0. The number of guanidine groups is 1. The first kappa shape index (κ1) is 16.8. The highest BCUT2D eigenvalue weighted by Gasteiger charge is 2.26. The van der Waals surface area contributed by atoms with Crippen molar-refractivity contribution in [1.29, 1.82) is 0 Å². The number of hydrogen-bond donors (Lipinski definition) is 1. The number of fused-ring (bicyclic) bond motifs is 1. The molecule has 1 saturated heterocycles. The number of likely N-dealkylation sites (tertiary alicyclic amines) is 1. The van der Waals surface area contributed by atoms with Crippen LogP contribution in [0.2, 0.25) is 0 Å². The van der Waals surface area contributed by atoms with Gasteiger partial charge < -0.3 is 15.1 Å². The van der Waals surface area contributed by atoms with Gasteiger partial charge in [-0.3, -0.25) is 9.79 Å². The Labute approximate surface area is 144 Å². The van der Waals surface area contributed by atoms with Crippen LogP contribution in [-0.2, 0) is 11.2 Å². The largest absolute Gasteiger partial charge is 0.357 e. The molecule has 24 heavy (non-hydrogen) atoms. The van der Waals surface area contributed by atoms with Gasteiger partial charge in [-0.05, 0) is 37.3 Å². The summed E-state index contributed by atoms with van der Waals surface area (Å²) in [5.41, 5.74) is 2.18. The van der Waals surface area contributed by atoms with Gasteiger partial charge in [0.1, 0.15) is 0 Å². The maximum absolute atomic E-state index is 12.2. The Morgan fingerprint density at radius 3 is 3.00 bits per heavy atom. The number of para-hydroxylation sites is 1. The Kier molecular flexibility index (Phi) is 5.38. The van der Waals surface area contributed by atoms with Crippen LogP contribution in [0.1, 0.15) is 32.3 Å². The maximum atomic E-state index is 12.2. The van der Waals surface area contributed by atoms with Gasteiger partial charge in [0.2, 0.25) is 5.91 Å². The molecular weight excluding hydrogens is 300 g/mol. The third-order valence-corrected chi connectivity index (χ3v) is 4.80. The minimum absolute atomic E-state index is 0.183. The van der Waals surface area contributed by atoms with Crippen molar-refractivity contribution < 1.29 is 4.79 Å². The van der Waals surface area contributed by atoms with Crippen LogP contribution in [0.3, 0.4) is 0 Å². The lowest BCUT2D eigenvalue weighted by molar-refractivity contribution is -0.117. The molecule has 130 valence electrons. The second-order valence-electron chi connectivity index (χ2n) is 6.78. The zero-order valence-electron chi connectivity index (χ0n) is 14.8. The Morgan fingerprint density at radius 2 is 2.21 bits per heavy atom. The van der Waals surface area contributed by atoms with Crippen molar-refractivity contribution >= 4 is 17.6 Å². The lowest BCUT2D eigenvalue weighted by Gasteiger charge is -2.33. The highest BCUT2D eigenvalue weighted by Crippen LogP contribution is 2.27. The summed E-state index contributed by atoms with van der Waals surface area (Å²) in [5, 5.41) is 3.40. The number of rotatable bonds is 4. The molecule has 2 aliphatic rings. The Morgan fingerprint density at radius 1 is 1.38 bits per heavy atom. The number of nitrogens with zero attached hydrogens (tertiary/aromatic N) is 3. The third kappa shape index (κ3) is 3.71. The lowest BCUT2D eigenvalue weighted by Crippen LogP contribution is -2.46. The van der Waals surface area contributed by atoms with Crippen LogP contribution in [0.15, 0.2) is 29.3 Å². The van der Waals surface area contributed by atoms with Crippen molar-refractivity contribution in [2.75, 3.05) is 37.6 Å². The molecule has 0 spiro atoms. The van der Waals surface area contributed by atoms with Crippen molar-refractivity contribution in [2.24, 2.45) is 10.9 Å². The molecule has 0 saturated carbocycles. The van der Waals surface area contributed by atoms with E-state index in [4.69, 9.17) is 4.99 Å². The molecule has 0 radical (unpaired) electrons. The van der Waals surface area contributed by atoms with E-state index in [0.29, 0.717) is 19.5 Å². The Balaban J connectivity index is 1.64. The molecule has 1 amide bonds. The Hall–Kier alpha value is -2.04. The molecule has 1 atom stereocenters. The van der Waals surface area contributed by atoms with Gasteiger partial charge in [0, 0.05) is 31.9 Å². The summed E-state index contributed by atoms with van der Waals surface area (Å²) >= 11 is 0. The van der Waals surface area contributed by atoms with Crippen LogP contribution < -0.4 is 10.2 Å². The van der Waals surface area contributed by atoms with Crippen LogP contribution in [0.4, 0.5) is 5.69 Å². The van der Waals surface area contributed by atoms with Crippen LogP contribution >= 0.6 is 0 Å². The van der Waals surface area contributed by atoms with Crippen LogP contribution in [0.5, 0.6) is 0 Å². The summed E-state index contributed by atoms with van der Waals surface area (Å²) in [5.74, 6) is 1.89. The van der Waals surface area contributed by atoms with Gasteiger partial charge in [-0.25, -0.2) is 0 Å². The molecule has 1 aromatic carbocycles. The summed E-state index contributed by atoms with van der Waals surface area (Å²) in [7, 11) is 0. The standard InChI is InChI=1S/C19H28N4O/c1-3-20-19(22-11-6-7-15(2)14-22)21-10-12-23-17-9-5-4-8-16(17)13-18(23)24/h4-5,8-9,15H,3,6-7,10-14H2,1-2H3,(H,20,21). The van der Waals surface area contributed by atoms with Crippen molar-refractivity contribution in [2.45, 2.75) is 33.1 Å². The van der Waals surface area contributed by atoms with E-state index in [9.17, 15) is 4.79 Å². The average Bonchev–Trinajstić information content (AvgIpc) is 2.90. The molecule has 0 aliphatic carbocycles. The fraction of sp³-hybridized carbons (Fsp3) is 0.579. The molecule has 5 nitrogen and oxygen atoms in total. The van der Waals surface area contributed by atoms with Crippen molar-refractivity contribution in [3.05, 3.63) is 29.8 Å². The lowest BCUT2D eigenvalue weighted by atomic mass is 10.0. The number of nitrogens with one attached hydrogen (secondary N) is 1. The molecule has 1 unspecified atom stereocenters. The van der Waals surface area contributed by atoms with E-state index in [1.165, 1.54) is 12.8 Å². The number of benzene rings is 1. The first-order valence-electron chi connectivity index (χ1n) is 9.10. The smallest absolute Gasteiger partial charge is 0.231 e. The van der Waals surface area contributed by atoms with Gasteiger partial charge >= 0.3 is 0 Å². The summed E-state index contributed by atoms with van der Waals surface area (Å²) in [6.45, 7) is 8.69. The summed E-state index contributed by atoms with van der Waals surface area (Å²) in [6.07, 6.45) is 3.04. The fourth-order valence-corrected chi connectivity index (χ4v) is 3.62. The van der Waals surface area contributed by atoms with Crippen molar-refractivity contribution in [1.82, 2.24) is 10.2 Å². The number of amides is 1. The number of anilines is 1. The van der Waals surface area contributed by atoms with E-state index in [2.05, 4.69) is 24.1 Å². The van der Waals surface area contributed by atoms with Gasteiger partial charge in [0.25, 0.3) is 0 Å². The second-order valence-corrected chi connectivity index (χ2v) is 6.78. The number of carbonyl (C=O) groups is 1. The molecular formula is C19H28N4O. The summed E-state index contributed by atoms with van der Waals surface area (Å²) in [6, 6.07) is 8.05. The van der Waals surface area contributed by atoms with Gasteiger partial charge in [0.05, 0.1) is 13.0 Å². The molecule has 2 heterocycles. The van der Waals surface area contributed by atoms with E-state index >= 15 is 0 Å². The van der Waals surface area contributed by atoms with Gasteiger partial charge in [0.15, 0.2) is 5.96 Å². The van der Waals surface area contributed by atoms with E-state index in [1.807, 2.05) is 29.2 Å². The first-order valence-corrected chi connectivity index (χ1v) is 9.10. The zero-order valence-corrected chi connectivity index (χ0v) is 14.8. The topological polar surface area (TPSA) is 47.9 Å². The minimum atomic E-state index is 0.183. The molecule has 1 aromatic rings. The molecule has 1 fully saturated rings. The highest BCUT2D eigenvalue weighted by molar-refractivity contribution is 6.01. The summed E-state index contributed by atoms with van der Waals surface area (Å²) in [4.78, 5) is 21.2. The monoisotopic (exact) mass is 328 g/mol. The second kappa shape index (κ2) is 7.69. The predicted molar refractivity (Wildman–Crippen MR) is 98.4 cm³/mol. The third-order valence-electron chi connectivity index (χ3n) is 4.80. The fourth-order valence-electron chi connectivity index (χ4n) is 3.62. The van der Waals surface area contributed by atoms with Crippen LogP contribution in [-0.4, -0.2) is 49.5 Å². The molecule has 1 N–H and O–H groups in total. The molecule has 3 rings (SSSR count).